The monoisotopic (exact) mass is 275 g/mol. The second-order valence-corrected chi connectivity index (χ2v) is 5.29. The Bertz CT molecular complexity index is 817. The summed E-state index contributed by atoms with van der Waals surface area (Å²) in [7, 11) is 4.00. The van der Waals surface area contributed by atoms with Crippen LogP contribution in [0.4, 0.5) is 0 Å². The average molecular weight is 276 g/mol. The van der Waals surface area contributed by atoms with E-state index in [9.17, 15) is 4.79 Å². The van der Waals surface area contributed by atoms with E-state index in [2.05, 4.69) is 9.88 Å². The zero-order valence-corrected chi connectivity index (χ0v) is 11.5. The number of aromatic amines is 1. The van der Waals surface area contributed by atoms with Crippen molar-refractivity contribution in [2.45, 2.75) is 6.54 Å². The van der Waals surface area contributed by atoms with Gasteiger partial charge >= 0.3 is 0 Å². The zero-order chi connectivity index (χ0) is 13.6. The van der Waals surface area contributed by atoms with Crippen molar-refractivity contribution in [3.63, 3.8) is 0 Å². The molecular weight excluding hydrogens is 262 g/mol. The lowest BCUT2D eigenvalue weighted by molar-refractivity contribution is 0.404. The van der Waals surface area contributed by atoms with Crippen molar-refractivity contribution in [2.24, 2.45) is 0 Å². The summed E-state index contributed by atoms with van der Waals surface area (Å²) in [6.07, 6.45) is 1.96. The highest BCUT2D eigenvalue weighted by molar-refractivity contribution is 6.35. The number of benzene rings is 1. The minimum absolute atomic E-state index is 0.146. The molecule has 4 nitrogen and oxygen atoms in total. The number of nitrogens with one attached hydrogen (secondary N) is 1. The first-order valence-electron chi connectivity index (χ1n) is 6.03. The molecule has 0 radical (unpaired) electrons. The average Bonchev–Trinajstić information content (AvgIpc) is 2.72. The van der Waals surface area contributed by atoms with Crippen molar-refractivity contribution in [1.29, 1.82) is 0 Å². The Morgan fingerprint density at radius 2 is 2.11 bits per heavy atom. The highest BCUT2D eigenvalue weighted by atomic mass is 35.5. The first-order valence-corrected chi connectivity index (χ1v) is 6.41. The highest BCUT2D eigenvalue weighted by Crippen LogP contribution is 2.22. The molecule has 0 aliphatic heterocycles. The van der Waals surface area contributed by atoms with Crippen LogP contribution in [0.5, 0.6) is 0 Å². The lowest BCUT2D eigenvalue weighted by atomic mass is 10.2. The maximum absolute atomic E-state index is 12.2. The van der Waals surface area contributed by atoms with E-state index in [-0.39, 0.29) is 5.56 Å². The Kier molecular flexibility index (Phi) is 2.84. The third kappa shape index (κ3) is 1.93. The second kappa shape index (κ2) is 4.40. The lowest BCUT2D eigenvalue weighted by Crippen LogP contribution is -2.14. The smallest absolute Gasteiger partial charge is 0.260 e. The van der Waals surface area contributed by atoms with Crippen LogP contribution in [0, 0.1) is 0 Å². The number of H-pyrrole nitrogens is 1. The molecule has 0 bridgehead atoms. The van der Waals surface area contributed by atoms with Crippen LogP contribution in [0.25, 0.3) is 16.6 Å². The van der Waals surface area contributed by atoms with E-state index in [4.69, 9.17) is 11.6 Å². The molecular formula is C14H14ClN3O. The third-order valence-corrected chi connectivity index (χ3v) is 3.48. The van der Waals surface area contributed by atoms with Gasteiger partial charge in [-0.05, 0) is 32.3 Å². The molecule has 98 valence electrons. The van der Waals surface area contributed by atoms with Gasteiger partial charge in [0.15, 0.2) is 0 Å². The van der Waals surface area contributed by atoms with Gasteiger partial charge in [0.05, 0.1) is 15.9 Å². The van der Waals surface area contributed by atoms with Crippen molar-refractivity contribution in [3.05, 3.63) is 51.4 Å². The zero-order valence-electron chi connectivity index (χ0n) is 10.8. The molecule has 5 heteroatoms. The van der Waals surface area contributed by atoms with Crippen molar-refractivity contribution >= 4 is 28.2 Å². The number of hydrogen-bond acceptors (Lipinski definition) is 2. The van der Waals surface area contributed by atoms with Crippen LogP contribution in [0.15, 0.2) is 35.3 Å². The fourth-order valence-electron chi connectivity index (χ4n) is 2.39. The maximum atomic E-state index is 12.2. The summed E-state index contributed by atoms with van der Waals surface area (Å²) in [5.41, 5.74) is 2.60. The van der Waals surface area contributed by atoms with Gasteiger partial charge < -0.3 is 14.3 Å². The largest absolute Gasteiger partial charge is 0.307 e. The maximum Gasteiger partial charge on any atom is 0.260 e. The third-order valence-electron chi connectivity index (χ3n) is 3.17. The van der Waals surface area contributed by atoms with Gasteiger partial charge in [0.1, 0.15) is 5.65 Å². The van der Waals surface area contributed by atoms with Crippen molar-refractivity contribution in [1.82, 2.24) is 14.3 Å². The first-order chi connectivity index (χ1) is 9.08. The van der Waals surface area contributed by atoms with E-state index >= 15 is 0 Å². The summed E-state index contributed by atoms with van der Waals surface area (Å²) < 4.78 is 1.97. The number of halogens is 1. The predicted molar refractivity (Wildman–Crippen MR) is 77.9 cm³/mol. The fraction of sp³-hybridized carbons (Fsp3) is 0.214. The lowest BCUT2D eigenvalue weighted by Gasteiger charge is -2.09. The van der Waals surface area contributed by atoms with Crippen LogP contribution in [-0.4, -0.2) is 28.4 Å². The normalized spacial score (nSPS) is 11.8. The Morgan fingerprint density at radius 3 is 2.84 bits per heavy atom. The van der Waals surface area contributed by atoms with Crippen molar-refractivity contribution in [2.75, 3.05) is 14.1 Å². The highest BCUT2D eigenvalue weighted by Gasteiger charge is 2.11. The Morgan fingerprint density at radius 1 is 1.32 bits per heavy atom. The molecule has 0 saturated carbocycles. The summed E-state index contributed by atoms with van der Waals surface area (Å²) >= 11 is 6.11. The molecule has 2 aromatic heterocycles. The van der Waals surface area contributed by atoms with E-state index in [1.807, 2.05) is 42.9 Å². The summed E-state index contributed by atoms with van der Waals surface area (Å²) in [6.45, 7) is 0.776. The molecule has 2 heterocycles. The topological polar surface area (TPSA) is 40.5 Å². The fourth-order valence-corrected chi connectivity index (χ4v) is 2.65. The number of fused-ring (bicyclic) bond motifs is 3. The van der Waals surface area contributed by atoms with E-state index in [0.717, 1.165) is 23.3 Å². The molecule has 3 aromatic rings. The number of hydrogen-bond donors (Lipinski definition) is 1. The molecule has 0 aliphatic rings. The first kappa shape index (κ1) is 12.3. The van der Waals surface area contributed by atoms with Crippen LogP contribution < -0.4 is 5.56 Å². The van der Waals surface area contributed by atoms with E-state index in [1.54, 1.807) is 6.07 Å². The Hall–Kier alpha value is -1.78. The minimum atomic E-state index is -0.146. The van der Waals surface area contributed by atoms with Gasteiger partial charge in [-0.25, -0.2) is 0 Å². The van der Waals surface area contributed by atoms with Crippen molar-refractivity contribution in [3.8, 4) is 0 Å². The van der Waals surface area contributed by atoms with E-state index < -0.39 is 0 Å². The molecule has 0 aliphatic carbocycles. The van der Waals surface area contributed by atoms with Crippen molar-refractivity contribution < 1.29 is 0 Å². The number of rotatable bonds is 2. The standard InChI is InChI=1S/C14H14ClN3O/c1-17(2)8-9-6-7-18-11-5-3-4-10(15)12(11)14(19)16-13(9)18/h3-7H,8H2,1-2H3,(H,16,19). The van der Waals surface area contributed by atoms with E-state index in [1.165, 1.54) is 0 Å². The molecule has 0 fully saturated rings. The summed E-state index contributed by atoms with van der Waals surface area (Å²) in [5, 5.41) is 1.01. The number of nitrogens with zero attached hydrogens (tertiary/aromatic N) is 2. The summed E-state index contributed by atoms with van der Waals surface area (Å²) in [6, 6.07) is 7.51. The SMILES string of the molecule is CN(C)Cc1ccn2c1[nH]c(=O)c1c(Cl)cccc12. The molecule has 0 atom stereocenters. The van der Waals surface area contributed by atoms with Crippen LogP contribution in [0.2, 0.25) is 5.02 Å². The summed E-state index contributed by atoms with van der Waals surface area (Å²) in [5.74, 6) is 0. The van der Waals surface area contributed by atoms with Crippen LogP contribution in [0.3, 0.4) is 0 Å². The predicted octanol–water partition coefficient (Wildman–Crippen LogP) is 2.50. The molecule has 0 amide bonds. The van der Waals surface area contributed by atoms with Gasteiger partial charge in [0.2, 0.25) is 0 Å². The van der Waals surface area contributed by atoms with Crippen LogP contribution in [-0.2, 0) is 6.54 Å². The Balaban J connectivity index is 2.41. The van der Waals surface area contributed by atoms with Gasteiger partial charge in [0.25, 0.3) is 5.56 Å². The van der Waals surface area contributed by atoms with Gasteiger partial charge in [-0.3, -0.25) is 4.79 Å². The second-order valence-electron chi connectivity index (χ2n) is 4.89. The minimum Gasteiger partial charge on any atom is -0.307 e. The molecule has 0 spiro atoms. The van der Waals surface area contributed by atoms with Gasteiger partial charge in [0, 0.05) is 18.3 Å². The van der Waals surface area contributed by atoms with Gasteiger partial charge in [-0.15, -0.1) is 0 Å². The summed E-state index contributed by atoms with van der Waals surface area (Å²) in [4.78, 5) is 17.2. The van der Waals surface area contributed by atoms with E-state index in [0.29, 0.717) is 10.4 Å². The molecule has 0 unspecified atom stereocenters. The van der Waals surface area contributed by atoms with Crippen LogP contribution in [0.1, 0.15) is 5.56 Å². The molecule has 3 rings (SSSR count). The number of aromatic nitrogens is 2. The molecule has 1 N–H and O–H groups in total. The Labute approximate surface area is 115 Å². The molecule has 1 aromatic carbocycles. The van der Waals surface area contributed by atoms with Crippen LogP contribution >= 0.6 is 11.6 Å². The van der Waals surface area contributed by atoms with Gasteiger partial charge in [-0.1, -0.05) is 17.7 Å². The quantitative estimate of drug-likeness (QED) is 0.781. The van der Waals surface area contributed by atoms with Gasteiger partial charge in [-0.2, -0.15) is 0 Å². The molecule has 19 heavy (non-hydrogen) atoms. The molecule has 0 saturated heterocycles.